The van der Waals surface area contributed by atoms with Gasteiger partial charge < -0.3 is 0 Å². The van der Waals surface area contributed by atoms with E-state index in [1.807, 2.05) is 19.9 Å². The summed E-state index contributed by atoms with van der Waals surface area (Å²) < 4.78 is 0. The molecule has 0 saturated heterocycles. The van der Waals surface area contributed by atoms with Gasteiger partial charge in [-0.1, -0.05) is 13.8 Å². The highest BCUT2D eigenvalue weighted by atomic mass is 16.6. The summed E-state index contributed by atoms with van der Waals surface area (Å²) in [6.07, 6.45) is 0. The van der Waals surface area contributed by atoms with Crippen LogP contribution in [0, 0.1) is 21.4 Å². The standard InChI is InChI=1S/C10H10N2O2/c1-7(2)9-3-8(6-11)4-10(5-9)12(13)14/h3-5,7H,1-2H3. The van der Waals surface area contributed by atoms with Gasteiger partial charge in [-0.25, -0.2) is 0 Å². The minimum atomic E-state index is -0.479. The predicted octanol–water partition coefficient (Wildman–Crippen LogP) is 2.59. The van der Waals surface area contributed by atoms with Gasteiger partial charge in [-0.05, 0) is 17.5 Å². The zero-order valence-corrected chi connectivity index (χ0v) is 8.02. The van der Waals surface area contributed by atoms with Crippen LogP contribution in [0.15, 0.2) is 18.2 Å². The van der Waals surface area contributed by atoms with Gasteiger partial charge in [0.05, 0.1) is 16.6 Å². The van der Waals surface area contributed by atoms with E-state index in [1.54, 1.807) is 6.07 Å². The second-order valence-corrected chi connectivity index (χ2v) is 3.34. The van der Waals surface area contributed by atoms with Crippen molar-refractivity contribution in [1.29, 1.82) is 5.26 Å². The Morgan fingerprint density at radius 1 is 1.43 bits per heavy atom. The summed E-state index contributed by atoms with van der Waals surface area (Å²) in [6, 6.07) is 6.38. The van der Waals surface area contributed by atoms with Crippen molar-refractivity contribution in [2.45, 2.75) is 19.8 Å². The Morgan fingerprint density at radius 2 is 2.07 bits per heavy atom. The van der Waals surface area contributed by atoms with Gasteiger partial charge in [0.2, 0.25) is 0 Å². The van der Waals surface area contributed by atoms with Gasteiger partial charge in [0.15, 0.2) is 0 Å². The van der Waals surface area contributed by atoms with E-state index in [9.17, 15) is 10.1 Å². The number of non-ortho nitro benzene ring substituents is 1. The topological polar surface area (TPSA) is 66.9 Å². The van der Waals surface area contributed by atoms with Crippen LogP contribution in [0.25, 0.3) is 0 Å². The van der Waals surface area contributed by atoms with Crippen molar-refractivity contribution in [3.8, 4) is 6.07 Å². The number of hydrogen-bond acceptors (Lipinski definition) is 3. The van der Waals surface area contributed by atoms with E-state index in [4.69, 9.17) is 5.26 Å². The molecule has 1 aromatic carbocycles. The molecule has 0 radical (unpaired) electrons. The molecule has 0 saturated carbocycles. The molecule has 1 rings (SSSR count). The van der Waals surface area contributed by atoms with Crippen molar-refractivity contribution in [1.82, 2.24) is 0 Å². The molecule has 0 N–H and O–H groups in total. The molecule has 0 aromatic heterocycles. The van der Waals surface area contributed by atoms with Gasteiger partial charge in [-0.2, -0.15) is 5.26 Å². The number of hydrogen-bond donors (Lipinski definition) is 0. The highest BCUT2D eigenvalue weighted by molar-refractivity contribution is 5.45. The summed E-state index contributed by atoms with van der Waals surface area (Å²) >= 11 is 0. The van der Waals surface area contributed by atoms with Gasteiger partial charge in [0.25, 0.3) is 5.69 Å². The van der Waals surface area contributed by atoms with Gasteiger partial charge in [-0.3, -0.25) is 10.1 Å². The molecule has 4 nitrogen and oxygen atoms in total. The Morgan fingerprint density at radius 3 is 2.50 bits per heavy atom. The summed E-state index contributed by atoms with van der Waals surface area (Å²) in [7, 11) is 0. The number of nitro groups is 1. The van der Waals surface area contributed by atoms with E-state index in [1.165, 1.54) is 12.1 Å². The molecule has 0 unspecified atom stereocenters. The van der Waals surface area contributed by atoms with Crippen molar-refractivity contribution in [2.24, 2.45) is 0 Å². The fourth-order valence-corrected chi connectivity index (χ4v) is 1.14. The maximum absolute atomic E-state index is 10.5. The number of nitriles is 1. The number of rotatable bonds is 2. The summed E-state index contributed by atoms with van der Waals surface area (Å²) in [4.78, 5) is 10.1. The average molecular weight is 190 g/mol. The second kappa shape index (κ2) is 3.88. The average Bonchev–Trinajstić information content (AvgIpc) is 2.16. The largest absolute Gasteiger partial charge is 0.271 e. The van der Waals surface area contributed by atoms with Crippen LogP contribution in [0.1, 0.15) is 30.9 Å². The summed E-state index contributed by atoms with van der Waals surface area (Å²) in [6.45, 7) is 3.86. The van der Waals surface area contributed by atoms with Crippen LogP contribution in [-0.2, 0) is 0 Å². The zero-order chi connectivity index (χ0) is 10.7. The van der Waals surface area contributed by atoms with E-state index < -0.39 is 4.92 Å². The highest BCUT2D eigenvalue weighted by Crippen LogP contribution is 2.22. The quantitative estimate of drug-likeness (QED) is 0.531. The summed E-state index contributed by atoms with van der Waals surface area (Å²) in [5, 5.41) is 19.2. The summed E-state index contributed by atoms with van der Waals surface area (Å²) in [5.74, 6) is 0.182. The lowest BCUT2D eigenvalue weighted by Crippen LogP contribution is -1.94. The van der Waals surface area contributed by atoms with Crippen LogP contribution < -0.4 is 0 Å². The maximum Gasteiger partial charge on any atom is 0.271 e. The molecular formula is C10H10N2O2. The summed E-state index contributed by atoms with van der Waals surface area (Å²) in [5.41, 5.74) is 1.13. The fourth-order valence-electron chi connectivity index (χ4n) is 1.14. The molecule has 0 atom stereocenters. The molecule has 0 aliphatic rings. The molecule has 1 aromatic rings. The van der Waals surface area contributed by atoms with Crippen molar-refractivity contribution in [3.05, 3.63) is 39.4 Å². The normalized spacial score (nSPS) is 9.86. The predicted molar refractivity (Wildman–Crippen MR) is 51.9 cm³/mol. The molecule has 0 spiro atoms. The molecule has 4 heteroatoms. The van der Waals surface area contributed by atoms with Crippen LogP contribution in [-0.4, -0.2) is 4.92 Å². The van der Waals surface area contributed by atoms with Crippen molar-refractivity contribution >= 4 is 5.69 Å². The SMILES string of the molecule is CC(C)c1cc(C#N)cc([N+](=O)[O-])c1. The lowest BCUT2D eigenvalue weighted by Gasteiger charge is -2.04. The molecule has 72 valence electrons. The van der Waals surface area contributed by atoms with Crippen LogP contribution in [0.5, 0.6) is 0 Å². The molecule has 14 heavy (non-hydrogen) atoms. The van der Waals surface area contributed by atoms with Crippen LogP contribution in [0.3, 0.4) is 0 Å². The Hall–Kier alpha value is -1.89. The molecule has 0 aliphatic carbocycles. The number of benzene rings is 1. The monoisotopic (exact) mass is 190 g/mol. The molecular weight excluding hydrogens is 180 g/mol. The zero-order valence-electron chi connectivity index (χ0n) is 8.02. The Bertz CT molecular complexity index is 405. The van der Waals surface area contributed by atoms with Crippen LogP contribution in [0.2, 0.25) is 0 Å². The van der Waals surface area contributed by atoms with Crippen molar-refractivity contribution in [3.63, 3.8) is 0 Å². The van der Waals surface area contributed by atoms with Crippen LogP contribution >= 0.6 is 0 Å². The smallest absolute Gasteiger partial charge is 0.258 e. The van der Waals surface area contributed by atoms with Gasteiger partial charge in [0.1, 0.15) is 0 Å². The van der Waals surface area contributed by atoms with E-state index >= 15 is 0 Å². The third kappa shape index (κ3) is 2.07. The first-order valence-corrected chi connectivity index (χ1v) is 4.24. The van der Waals surface area contributed by atoms with E-state index in [2.05, 4.69) is 0 Å². The molecule has 0 bridgehead atoms. The third-order valence-electron chi connectivity index (χ3n) is 1.95. The van der Waals surface area contributed by atoms with E-state index in [0.717, 1.165) is 5.56 Å². The lowest BCUT2D eigenvalue weighted by molar-refractivity contribution is -0.384. The van der Waals surface area contributed by atoms with E-state index in [-0.39, 0.29) is 11.6 Å². The molecule has 0 amide bonds. The number of nitro benzene ring substituents is 1. The minimum absolute atomic E-state index is 0.0206. The van der Waals surface area contributed by atoms with E-state index in [0.29, 0.717) is 5.56 Å². The van der Waals surface area contributed by atoms with Gasteiger partial charge >= 0.3 is 0 Å². The van der Waals surface area contributed by atoms with Crippen LogP contribution in [0.4, 0.5) is 5.69 Å². The first-order valence-electron chi connectivity index (χ1n) is 4.24. The van der Waals surface area contributed by atoms with Gasteiger partial charge in [0, 0.05) is 12.1 Å². The Balaban J connectivity index is 3.29. The molecule has 0 fully saturated rings. The lowest BCUT2D eigenvalue weighted by atomic mass is 10.0. The maximum atomic E-state index is 10.5. The highest BCUT2D eigenvalue weighted by Gasteiger charge is 2.11. The first-order chi connectivity index (χ1) is 6.54. The minimum Gasteiger partial charge on any atom is -0.258 e. The van der Waals surface area contributed by atoms with Crippen molar-refractivity contribution < 1.29 is 4.92 Å². The fraction of sp³-hybridized carbons (Fsp3) is 0.300. The second-order valence-electron chi connectivity index (χ2n) is 3.34. The first kappa shape index (κ1) is 10.2. The number of nitrogens with zero attached hydrogens (tertiary/aromatic N) is 2. The molecule has 0 heterocycles. The third-order valence-corrected chi connectivity index (χ3v) is 1.95. The Labute approximate surface area is 81.9 Å². The van der Waals surface area contributed by atoms with Crippen molar-refractivity contribution in [2.75, 3.05) is 0 Å². The van der Waals surface area contributed by atoms with Gasteiger partial charge in [-0.15, -0.1) is 0 Å². The Kier molecular flexibility index (Phi) is 2.82. The molecule has 0 aliphatic heterocycles.